The third-order valence-corrected chi connectivity index (χ3v) is 1.85. The van der Waals surface area contributed by atoms with E-state index in [0.29, 0.717) is 5.57 Å². The Hall–Kier alpha value is -1.58. The molecule has 0 amide bonds. The van der Waals surface area contributed by atoms with Crippen molar-refractivity contribution in [3.63, 3.8) is 0 Å². The predicted octanol–water partition coefficient (Wildman–Crippen LogP) is 1.92. The third-order valence-electron chi connectivity index (χ3n) is 1.85. The molecule has 4 nitrogen and oxygen atoms in total. The number of ether oxygens (including phenoxy) is 1. The number of hydrogen-bond acceptors (Lipinski definition) is 3. The molecule has 0 spiro atoms. The van der Waals surface area contributed by atoms with E-state index < -0.39 is 5.97 Å². The Kier molecular flexibility index (Phi) is 6.09. The minimum absolute atomic E-state index is 0.184. The Bertz CT molecular complexity index is 264. The van der Waals surface area contributed by atoms with Crippen LogP contribution in [0.5, 0.6) is 0 Å². The van der Waals surface area contributed by atoms with Crippen LogP contribution in [-0.2, 0) is 14.3 Å². The van der Waals surface area contributed by atoms with Crippen molar-refractivity contribution in [1.82, 2.24) is 0 Å². The van der Waals surface area contributed by atoms with Gasteiger partial charge in [-0.2, -0.15) is 0 Å². The van der Waals surface area contributed by atoms with Gasteiger partial charge in [-0.1, -0.05) is 13.2 Å². The van der Waals surface area contributed by atoms with Gasteiger partial charge in [-0.15, -0.1) is 0 Å². The molecule has 0 aliphatic heterocycles. The van der Waals surface area contributed by atoms with E-state index in [0.717, 1.165) is 18.9 Å². The fraction of sp³-hybridized carbons (Fsp3) is 0.455. The molecule has 1 fully saturated rings. The van der Waals surface area contributed by atoms with Crippen LogP contribution in [0.1, 0.15) is 26.2 Å². The zero-order valence-electron chi connectivity index (χ0n) is 8.86. The van der Waals surface area contributed by atoms with Crippen molar-refractivity contribution in [1.29, 1.82) is 0 Å². The molecule has 1 N–H and O–H groups in total. The van der Waals surface area contributed by atoms with Gasteiger partial charge in [-0.25, -0.2) is 9.59 Å². The molecule has 4 heteroatoms. The first kappa shape index (κ1) is 13.4. The summed E-state index contributed by atoms with van der Waals surface area (Å²) in [5, 5.41) is 7.60. The van der Waals surface area contributed by atoms with Crippen LogP contribution in [0.25, 0.3) is 0 Å². The number of rotatable bonds is 3. The molecule has 84 valence electrons. The van der Waals surface area contributed by atoms with Crippen molar-refractivity contribution in [2.24, 2.45) is 0 Å². The monoisotopic (exact) mass is 212 g/mol. The van der Waals surface area contributed by atoms with Crippen molar-refractivity contribution < 1.29 is 19.4 Å². The Morgan fingerprint density at radius 2 is 1.93 bits per heavy atom. The molecule has 0 atom stereocenters. The molecule has 1 aliphatic rings. The lowest BCUT2D eigenvalue weighted by molar-refractivity contribution is -0.148. The van der Waals surface area contributed by atoms with E-state index in [2.05, 4.69) is 13.2 Å². The molecular formula is C11H16O4. The fourth-order valence-electron chi connectivity index (χ4n) is 0.741. The molecule has 0 bridgehead atoms. The molecule has 15 heavy (non-hydrogen) atoms. The van der Waals surface area contributed by atoms with Gasteiger partial charge in [0.15, 0.2) is 0 Å². The summed E-state index contributed by atoms with van der Waals surface area (Å²) in [5.41, 5.74) is 0.492. The standard InChI is InChI=1S/C8H12O2.C3H4O2/c1-6(2)8(9)10-7-4-3-5-7;1-2-3(4)5/h7H,1,3-5H2,2H3;2H,1H2,(H,4,5). The van der Waals surface area contributed by atoms with Gasteiger partial charge in [0.25, 0.3) is 0 Å². The van der Waals surface area contributed by atoms with Crippen LogP contribution in [-0.4, -0.2) is 23.1 Å². The summed E-state index contributed by atoms with van der Waals surface area (Å²) < 4.78 is 5.01. The van der Waals surface area contributed by atoms with E-state index >= 15 is 0 Å². The number of esters is 1. The van der Waals surface area contributed by atoms with Gasteiger partial charge in [0, 0.05) is 11.6 Å². The SMILES string of the molecule is C=C(C)C(=O)OC1CCC1.C=CC(=O)O. The highest BCUT2D eigenvalue weighted by Gasteiger charge is 2.21. The molecule has 0 aromatic rings. The van der Waals surface area contributed by atoms with Crippen molar-refractivity contribution >= 4 is 11.9 Å². The lowest BCUT2D eigenvalue weighted by Crippen LogP contribution is -2.25. The largest absolute Gasteiger partial charge is 0.478 e. The summed E-state index contributed by atoms with van der Waals surface area (Å²) >= 11 is 0. The minimum Gasteiger partial charge on any atom is -0.478 e. The van der Waals surface area contributed by atoms with Crippen molar-refractivity contribution in [2.45, 2.75) is 32.3 Å². The van der Waals surface area contributed by atoms with Crippen molar-refractivity contribution in [3.8, 4) is 0 Å². The Morgan fingerprint density at radius 1 is 1.47 bits per heavy atom. The second-order valence-electron chi connectivity index (χ2n) is 3.28. The molecule has 0 radical (unpaired) electrons. The lowest BCUT2D eigenvalue weighted by atomic mass is 9.96. The maximum Gasteiger partial charge on any atom is 0.333 e. The number of carbonyl (C=O) groups is 2. The second kappa shape index (κ2) is 6.81. The first-order valence-corrected chi connectivity index (χ1v) is 4.69. The van der Waals surface area contributed by atoms with E-state index in [-0.39, 0.29) is 12.1 Å². The number of carboxylic acids is 1. The van der Waals surface area contributed by atoms with Crippen LogP contribution in [0, 0.1) is 0 Å². The van der Waals surface area contributed by atoms with E-state index in [1.165, 1.54) is 6.42 Å². The Labute approximate surface area is 89.2 Å². The van der Waals surface area contributed by atoms with Gasteiger partial charge < -0.3 is 9.84 Å². The van der Waals surface area contributed by atoms with Gasteiger partial charge in [-0.05, 0) is 26.2 Å². The molecule has 0 aromatic carbocycles. The van der Waals surface area contributed by atoms with Gasteiger partial charge >= 0.3 is 11.9 Å². The highest BCUT2D eigenvalue weighted by molar-refractivity contribution is 5.87. The normalized spacial score (nSPS) is 13.9. The quantitative estimate of drug-likeness (QED) is 0.573. The predicted molar refractivity (Wildman–Crippen MR) is 56.4 cm³/mol. The lowest BCUT2D eigenvalue weighted by Gasteiger charge is -2.24. The van der Waals surface area contributed by atoms with Crippen LogP contribution < -0.4 is 0 Å². The molecule has 0 unspecified atom stereocenters. The average Bonchev–Trinajstić information content (AvgIpc) is 2.11. The summed E-state index contributed by atoms with van der Waals surface area (Å²) in [4.78, 5) is 20.1. The molecule has 1 rings (SSSR count). The van der Waals surface area contributed by atoms with Gasteiger partial charge in [0.2, 0.25) is 0 Å². The molecule has 0 heterocycles. The van der Waals surface area contributed by atoms with Crippen LogP contribution in [0.3, 0.4) is 0 Å². The summed E-state index contributed by atoms with van der Waals surface area (Å²) in [6.07, 6.45) is 4.26. The average molecular weight is 212 g/mol. The third kappa shape index (κ3) is 6.49. The summed E-state index contributed by atoms with van der Waals surface area (Å²) in [5.74, 6) is -1.23. The Balaban J connectivity index is 0.000000336. The maximum absolute atomic E-state index is 10.8. The Morgan fingerprint density at radius 3 is 2.13 bits per heavy atom. The van der Waals surface area contributed by atoms with E-state index in [9.17, 15) is 9.59 Å². The van der Waals surface area contributed by atoms with Crippen LogP contribution in [0.4, 0.5) is 0 Å². The number of aliphatic carboxylic acids is 1. The van der Waals surface area contributed by atoms with E-state index in [1.54, 1.807) is 6.92 Å². The molecule has 1 saturated carbocycles. The van der Waals surface area contributed by atoms with Crippen LogP contribution in [0.15, 0.2) is 24.8 Å². The van der Waals surface area contributed by atoms with Crippen molar-refractivity contribution in [2.75, 3.05) is 0 Å². The summed E-state index contributed by atoms with van der Waals surface area (Å²) in [7, 11) is 0. The highest BCUT2D eigenvalue weighted by atomic mass is 16.5. The molecule has 1 aliphatic carbocycles. The smallest absolute Gasteiger partial charge is 0.333 e. The number of carbonyl (C=O) groups excluding carboxylic acids is 1. The highest BCUT2D eigenvalue weighted by Crippen LogP contribution is 2.22. The van der Waals surface area contributed by atoms with Crippen LogP contribution >= 0.6 is 0 Å². The van der Waals surface area contributed by atoms with Crippen LogP contribution in [0.2, 0.25) is 0 Å². The second-order valence-corrected chi connectivity index (χ2v) is 3.28. The zero-order valence-corrected chi connectivity index (χ0v) is 8.86. The first-order valence-electron chi connectivity index (χ1n) is 4.69. The van der Waals surface area contributed by atoms with E-state index in [4.69, 9.17) is 9.84 Å². The fourth-order valence-corrected chi connectivity index (χ4v) is 0.741. The van der Waals surface area contributed by atoms with Gasteiger partial charge in [0.1, 0.15) is 6.10 Å². The number of hydrogen-bond donors (Lipinski definition) is 1. The molecule has 0 aromatic heterocycles. The molecule has 0 saturated heterocycles. The van der Waals surface area contributed by atoms with Crippen molar-refractivity contribution in [3.05, 3.63) is 24.8 Å². The van der Waals surface area contributed by atoms with E-state index in [1.807, 2.05) is 0 Å². The first-order chi connectivity index (χ1) is 6.97. The molecular weight excluding hydrogens is 196 g/mol. The van der Waals surface area contributed by atoms with Gasteiger partial charge in [-0.3, -0.25) is 0 Å². The minimum atomic E-state index is -0.981. The number of carboxylic acid groups (broad SMARTS) is 1. The van der Waals surface area contributed by atoms with Gasteiger partial charge in [0.05, 0.1) is 0 Å². The topological polar surface area (TPSA) is 63.6 Å². The summed E-state index contributed by atoms with van der Waals surface area (Å²) in [6, 6.07) is 0. The zero-order chi connectivity index (χ0) is 11.8. The summed E-state index contributed by atoms with van der Waals surface area (Å²) in [6.45, 7) is 8.12. The maximum atomic E-state index is 10.8.